The highest BCUT2D eigenvalue weighted by atomic mass is 35.5. The number of fused-ring (bicyclic) bond motifs is 1. The molecule has 0 fully saturated rings. The number of hydrogen-bond donors (Lipinski definition) is 3. The van der Waals surface area contributed by atoms with Crippen molar-refractivity contribution in [3.63, 3.8) is 0 Å². The molecule has 11 heteroatoms. The third kappa shape index (κ3) is 5.06. The molecule has 0 saturated carbocycles. The number of aliphatic hydroxyl groups excluding tert-OH is 1. The predicted octanol–water partition coefficient (Wildman–Crippen LogP) is 3.75. The number of alkyl halides is 1. The largest absolute Gasteiger partial charge is 0.396 e. The van der Waals surface area contributed by atoms with Crippen molar-refractivity contribution < 1.29 is 18.8 Å². The van der Waals surface area contributed by atoms with Crippen LogP contribution in [0.4, 0.5) is 4.39 Å². The summed E-state index contributed by atoms with van der Waals surface area (Å²) < 4.78 is 18.3. The van der Waals surface area contributed by atoms with E-state index < -0.39 is 18.6 Å². The average molecular weight is 483 g/mol. The van der Waals surface area contributed by atoms with Crippen molar-refractivity contribution in [2.75, 3.05) is 6.61 Å². The molecule has 34 heavy (non-hydrogen) atoms. The molecule has 0 saturated heterocycles. The Morgan fingerprint density at radius 3 is 3.00 bits per heavy atom. The number of aromatic nitrogens is 5. The number of carbonyl (C=O) groups excluding carboxylic acids is 1. The van der Waals surface area contributed by atoms with Crippen molar-refractivity contribution in [3.8, 4) is 23.4 Å². The number of hydrogen-bond acceptors (Lipinski definition) is 7. The number of aliphatic hydroxyl groups is 1. The van der Waals surface area contributed by atoms with Crippen molar-refractivity contribution in [1.82, 2.24) is 30.4 Å². The van der Waals surface area contributed by atoms with Gasteiger partial charge in [0, 0.05) is 19.1 Å². The summed E-state index contributed by atoms with van der Waals surface area (Å²) in [5.74, 6) is 5.91. The van der Waals surface area contributed by atoms with Crippen LogP contribution in [0.5, 0.6) is 0 Å². The number of nitrogens with one attached hydrogen (secondary N) is 2. The Balaban J connectivity index is 1.48. The third-order valence-electron chi connectivity index (χ3n) is 4.92. The van der Waals surface area contributed by atoms with Crippen LogP contribution in [-0.4, -0.2) is 42.7 Å². The summed E-state index contributed by atoms with van der Waals surface area (Å²) in [7, 11) is 0. The molecule has 0 aliphatic heterocycles. The van der Waals surface area contributed by atoms with Gasteiger partial charge in [0.25, 0.3) is 5.91 Å². The lowest BCUT2D eigenvalue weighted by atomic mass is 10.2. The molecule has 9 nitrogen and oxygen atoms in total. The highest BCUT2D eigenvalue weighted by Gasteiger charge is 2.21. The van der Waals surface area contributed by atoms with E-state index in [-0.39, 0.29) is 23.0 Å². The second kappa shape index (κ2) is 10.4. The van der Waals surface area contributed by atoms with Crippen LogP contribution >= 0.6 is 11.6 Å². The summed E-state index contributed by atoms with van der Waals surface area (Å²) in [5, 5.41) is 15.7. The number of benzene rings is 1. The molecule has 3 heterocycles. The van der Waals surface area contributed by atoms with E-state index in [1.54, 1.807) is 31.2 Å². The fourth-order valence-corrected chi connectivity index (χ4v) is 3.36. The van der Waals surface area contributed by atoms with Crippen LogP contribution in [0.15, 0.2) is 35.1 Å². The minimum absolute atomic E-state index is 0.0142. The van der Waals surface area contributed by atoms with Gasteiger partial charge in [0.05, 0.1) is 17.1 Å². The molecule has 3 N–H and O–H groups in total. The van der Waals surface area contributed by atoms with Crippen molar-refractivity contribution >= 4 is 28.5 Å². The Labute approximate surface area is 198 Å². The van der Waals surface area contributed by atoms with Crippen molar-refractivity contribution in [2.24, 2.45) is 0 Å². The summed E-state index contributed by atoms with van der Waals surface area (Å²) >= 11 is 6.28. The molecule has 3 aromatic heterocycles. The van der Waals surface area contributed by atoms with Gasteiger partial charge in [-0.1, -0.05) is 28.7 Å². The first-order valence-electron chi connectivity index (χ1n) is 10.4. The van der Waals surface area contributed by atoms with Crippen LogP contribution < -0.4 is 5.32 Å². The van der Waals surface area contributed by atoms with Crippen molar-refractivity contribution in [2.45, 2.75) is 32.5 Å². The average Bonchev–Trinajstić information content (AvgIpc) is 3.49. The van der Waals surface area contributed by atoms with E-state index in [1.165, 1.54) is 6.33 Å². The standard InChI is InChI=1S/C23H20ClFN6O3/c1-13(28-23(33)21-20(24)16(26-12-27-21)5-3-2-4-8-32)17-10-19(34-31-17)22-29-15-7-6-14(11-25)9-18(15)30-22/h6-7,9-10,12-13,32H,2,4,8,11H2,1H3,(H,28,33)(H,29,30)/t13-/m1/s1. The van der Waals surface area contributed by atoms with Gasteiger partial charge in [-0.05, 0) is 37.0 Å². The van der Waals surface area contributed by atoms with Gasteiger partial charge in [0.15, 0.2) is 11.5 Å². The molecule has 1 amide bonds. The molecule has 1 aromatic carbocycles. The quantitative estimate of drug-likeness (QED) is 0.270. The van der Waals surface area contributed by atoms with Crippen LogP contribution in [0.3, 0.4) is 0 Å². The zero-order chi connectivity index (χ0) is 24.1. The van der Waals surface area contributed by atoms with E-state index in [0.29, 0.717) is 46.7 Å². The van der Waals surface area contributed by atoms with E-state index in [9.17, 15) is 9.18 Å². The smallest absolute Gasteiger partial charge is 0.272 e. The number of nitrogens with zero attached hydrogens (tertiary/aromatic N) is 4. The minimum atomic E-state index is -0.567. The van der Waals surface area contributed by atoms with Crippen LogP contribution in [-0.2, 0) is 6.67 Å². The van der Waals surface area contributed by atoms with Crippen LogP contribution in [0, 0.1) is 11.8 Å². The summed E-state index contributed by atoms with van der Waals surface area (Å²) in [6.45, 7) is 1.20. The molecule has 0 aliphatic rings. The van der Waals surface area contributed by atoms with Gasteiger partial charge in [-0.15, -0.1) is 0 Å². The molecule has 0 radical (unpaired) electrons. The van der Waals surface area contributed by atoms with Crippen LogP contribution in [0.2, 0.25) is 5.02 Å². The Kier molecular flexibility index (Phi) is 7.15. The minimum Gasteiger partial charge on any atom is -0.396 e. The number of H-pyrrole nitrogens is 1. The monoisotopic (exact) mass is 482 g/mol. The van der Waals surface area contributed by atoms with Crippen LogP contribution in [0.1, 0.15) is 53.2 Å². The molecule has 1 atom stereocenters. The molecule has 0 bridgehead atoms. The predicted molar refractivity (Wildman–Crippen MR) is 123 cm³/mol. The lowest BCUT2D eigenvalue weighted by molar-refractivity contribution is 0.0933. The Hall–Kier alpha value is -3.81. The molecular weight excluding hydrogens is 463 g/mol. The molecule has 4 aromatic rings. The maximum Gasteiger partial charge on any atom is 0.272 e. The summed E-state index contributed by atoms with van der Waals surface area (Å²) in [6.07, 6.45) is 2.23. The number of carbonyl (C=O) groups is 1. The second-order valence-electron chi connectivity index (χ2n) is 7.40. The first kappa shape index (κ1) is 23.4. The zero-order valence-corrected chi connectivity index (χ0v) is 18.9. The van der Waals surface area contributed by atoms with E-state index in [1.807, 2.05) is 0 Å². The second-order valence-corrected chi connectivity index (χ2v) is 7.77. The summed E-state index contributed by atoms with van der Waals surface area (Å²) in [5.41, 5.74) is 2.57. The molecule has 0 unspecified atom stereocenters. The summed E-state index contributed by atoms with van der Waals surface area (Å²) in [6, 6.07) is 6.20. The summed E-state index contributed by atoms with van der Waals surface area (Å²) in [4.78, 5) is 28.3. The first-order valence-corrected chi connectivity index (χ1v) is 10.8. The maximum absolute atomic E-state index is 12.9. The lowest BCUT2D eigenvalue weighted by Crippen LogP contribution is -2.28. The van der Waals surface area contributed by atoms with E-state index >= 15 is 0 Å². The number of aromatic amines is 1. The number of halogens is 2. The Morgan fingerprint density at radius 1 is 1.35 bits per heavy atom. The van der Waals surface area contributed by atoms with Gasteiger partial charge < -0.3 is 19.9 Å². The van der Waals surface area contributed by atoms with Crippen LogP contribution in [0.25, 0.3) is 22.6 Å². The Morgan fingerprint density at radius 2 is 2.21 bits per heavy atom. The number of imidazole rings is 1. The third-order valence-corrected chi connectivity index (χ3v) is 5.28. The highest BCUT2D eigenvalue weighted by molar-refractivity contribution is 6.34. The van der Waals surface area contributed by atoms with E-state index in [2.05, 4.69) is 42.3 Å². The molecule has 174 valence electrons. The van der Waals surface area contributed by atoms with E-state index in [0.717, 1.165) is 0 Å². The number of unbranched alkanes of at least 4 members (excludes halogenated alkanes) is 1. The van der Waals surface area contributed by atoms with Crippen molar-refractivity contribution in [1.29, 1.82) is 0 Å². The van der Waals surface area contributed by atoms with Gasteiger partial charge in [-0.25, -0.2) is 19.3 Å². The highest BCUT2D eigenvalue weighted by Crippen LogP contribution is 2.25. The number of amides is 1. The van der Waals surface area contributed by atoms with Gasteiger partial charge in [0.1, 0.15) is 29.4 Å². The molecule has 0 aliphatic carbocycles. The van der Waals surface area contributed by atoms with E-state index in [4.69, 9.17) is 21.2 Å². The van der Waals surface area contributed by atoms with Gasteiger partial charge in [-0.3, -0.25) is 4.79 Å². The first-order chi connectivity index (χ1) is 16.5. The fraction of sp³-hybridized carbons (Fsp3) is 0.261. The Bertz CT molecular complexity index is 1390. The fourth-order valence-electron chi connectivity index (χ4n) is 3.13. The van der Waals surface area contributed by atoms with Gasteiger partial charge in [0.2, 0.25) is 5.76 Å². The SMILES string of the molecule is C[C@@H](NC(=O)c1ncnc(C#CCCCO)c1Cl)c1cc(-c2nc3ccc(CF)cc3[nH]2)on1. The zero-order valence-electron chi connectivity index (χ0n) is 18.1. The normalized spacial score (nSPS) is 11.8. The van der Waals surface area contributed by atoms with Gasteiger partial charge in [-0.2, -0.15) is 0 Å². The maximum atomic E-state index is 12.9. The number of rotatable bonds is 7. The molecule has 4 rings (SSSR count). The van der Waals surface area contributed by atoms with Gasteiger partial charge >= 0.3 is 0 Å². The molecular formula is C23H20ClFN6O3. The lowest BCUT2D eigenvalue weighted by Gasteiger charge is -2.11. The van der Waals surface area contributed by atoms with Crippen molar-refractivity contribution in [3.05, 3.63) is 58.3 Å². The molecule has 0 spiro atoms. The topological polar surface area (TPSA) is 130 Å².